The summed E-state index contributed by atoms with van der Waals surface area (Å²) < 4.78 is 0. The molecule has 3 heterocycles. The maximum absolute atomic E-state index is 12.7. The van der Waals surface area contributed by atoms with Crippen LogP contribution in [-0.4, -0.2) is 39.9 Å². The Hall–Kier alpha value is -3.55. The minimum Gasteiger partial charge on any atom is -0.370 e. The molecule has 1 aromatic carbocycles. The van der Waals surface area contributed by atoms with Gasteiger partial charge in [0, 0.05) is 37.3 Å². The Balaban J connectivity index is 1.37. The number of carbonyl (C=O) groups is 2. The summed E-state index contributed by atoms with van der Waals surface area (Å²) in [6.07, 6.45) is 5.11. The van der Waals surface area contributed by atoms with Gasteiger partial charge >= 0.3 is 0 Å². The first-order chi connectivity index (χ1) is 16.0. The number of piperidine rings is 1. The average molecular weight is 447 g/mol. The Morgan fingerprint density at radius 2 is 1.58 bits per heavy atom. The summed E-state index contributed by atoms with van der Waals surface area (Å²) in [5, 5.41) is 5.72. The van der Waals surface area contributed by atoms with Gasteiger partial charge in [0.2, 0.25) is 11.8 Å². The van der Waals surface area contributed by atoms with E-state index >= 15 is 0 Å². The minimum absolute atomic E-state index is 0.0316. The van der Waals surface area contributed by atoms with Crippen molar-refractivity contribution in [1.29, 1.82) is 0 Å². The van der Waals surface area contributed by atoms with Gasteiger partial charge in [0.25, 0.3) is 0 Å². The van der Waals surface area contributed by atoms with Gasteiger partial charge in [-0.3, -0.25) is 9.59 Å². The SMILES string of the molecule is CCc1nc2cc(N3CCC(C(=O)Nc4ccc(NC(C)=O)cc4)CC3)cnc2nc1CC. The fourth-order valence-corrected chi connectivity index (χ4v) is 4.23. The van der Waals surface area contributed by atoms with E-state index in [0.717, 1.165) is 67.1 Å². The number of nitrogens with zero attached hydrogens (tertiary/aromatic N) is 4. The Morgan fingerprint density at radius 3 is 2.18 bits per heavy atom. The molecule has 0 bridgehead atoms. The van der Waals surface area contributed by atoms with Crippen LogP contribution in [0.2, 0.25) is 0 Å². The molecule has 0 saturated carbocycles. The second kappa shape index (κ2) is 9.94. The van der Waals surface area contributed by atoms with Crippen LogP contribution in [0.4, 0.5) is 17.1 Å². The minimum atomic E-state index is -0.122. The molecular formula is C25H30N6O2. The lowest BCUT2D eigenvalue weighted by Crippen LogP contribution is -2.38. The fourth-order valence-electron chi connectivity index (χ4n) is 4.23. The predicted octanol–water partition coefficient (Wildman–Crippen LogP) is 3.96. The summed E-state index contributed by atoms with van der Waals surface area (Å²) in [5.41, 5.74) is 6.02. The predicted molar refractivity (Wildman–Crippen MR) is 130 cm³/mol. The fraction of sp³-hybridized carbons (Fsp3) is 0.400. The molecule has 1 saturated heterocycles. The number of benzene rings is 1. The molecule has 2 amide bonds. The summed E-state index contributed by atoms with van der Waals surface area (Å²) >= 11 is 0. The van der Waals surface area contributed by atoms with Crippen molar-refractivity contribution in [2.24, 2.45) is 5.92 Å². The Bertz CT molecular complexity index is 1150. The molecule has 8 nitrogen and oxygen atoms in total. The molecule has 2 N–H and O–H groups in total. The maximum atomic E-state index is 12.7. The highest BCUT2D eigenvalue weighted by atomic mass is 16.2. The van der Waals surface area contributed by atoms with Crippen LogP contribution in [-0.2, 0) is 22.4 Å². The van der Waals surface area contributed by atoms with E-state index in [1.165, 1.54) is 6.92 Å². The van der Waals surface area contributed by atoms with Gasteiger partial charge in [-0.15, -0.1) is 0 Å². The van der Waals surface area contributed by atoms with Crippen LogP contribution in [0.15, 0.2) is 36.5 Å². The van der Waals surface area contributed by atoms with Gasteiger partial charge in [0.1, 0.15) is 5.52 Å². The van der Waals surface area contributed by atoms with E-state index in [1.807, 2.05) is 6.20 Å². The topological polar surface area (TPSA) is 100 Å². The summed E-state index contributed by atoms with van der Waals surface area (Å²) in [5.74, 6) is -0.129. The Labute approximate surface area is 193 Å². The average Bonchev–Trinajstić information content (AvgIpc) is 2.83. The van der Waals surface area contributed by atoms with Gasteiger partial charge in [-0.1, -0.05) is 13.8 Å². The van der Waals surface area contributed by atoms with Gasteiger partial charge in [0.15, 0.2) is 5.65 Å². The van der Waals surface area contributed by atoms with E-state index < -0.39 is 0 Å². The number of aryl methyl sites for hydroxylation is 2. The molecular weight excluding hydrogens is 416 g/mol. The molecule has 172 valence electrons. The number of hydrogen-bond donors (Lipinski definition) is 2. The summed E-state index contributed by atoms with van der Waals surface area (Å²) in [6, 6.07) is 9.22. The Kier molecular flexibility index (Phi) is 6.82. The van der Waals surface area contributed by atoms with Crippen LogP contribution in [0.5, 0.6) is 0 Å². The lowest BCUT2D eigenvalue weighted by Gasteiger charge is -2.32. The van der Waals surface area contributed by atoms with Crippen LogP contribution in [0.1, 0.15) is 45.0 Å². The van der Waals surface area contributed by atoms with Crippen molar-refractivity contribution in [3.63, 3.8) is 0 Å². The third-order valence-corrected chi connectivity index (χ3v) is 6.04. The third-order valence-electron chi connectivity index (χ3n) is 6.04. The Morgan fingerprint density at radius 1 is 0.970 bits per heavy atom. The first kappa shape index (κ1) is 22.6. The van der Waals surface area contributed by atoms with E-state index in [-0.39, 0.29) is 17.7 Å². The number of rotatable bonds is 6. The van der Waals surface area contributed by atoms with E-state index in [1.54, 1.807) is 24.3 Å². The number of fused-ring (bicyclic) bond motifs is 1. The number of pyridine rings is 1. The quantitative estimate of drug-likeness (QED) is 0.594. The van der Waals surface area contributed by atoms with Crippen molar-refractivity contribution < 1.29 is 9.59 Å². The first-order valence-electron chi connectivity index (χ1n) is 11.6. The van der Waals surface area contributed by atoms with Crippen molar-refractivity contribution in [2.75, 3.05) is 28.6 Å². The van der Waals surface area contributed by atoms with Crippen molar-refractivity contribution in [2.45, 2.75) is 46.5 Å². The number of hydrogen-bond acceptors (Lipinski definition) is 6. The standard InChI is InChI=1S/C25H30N6O2/c1-4-21-22(5-2)30-24-23(29-21)14-20(15-26-24)31-12-10-17(11-13-31)25(33)28-19-8-6-18(7-9-19)27-16(3)32/h6-9,14-15,17H,4-5,10-13H2,1-3H3,(H,27,32)(H,28,33). The normalized spacial score (nSPS) is 14.3. The highest BCUT2D eigenvalue weighted by molar-refractivity contribution is 5.93. The van der Waals surface area contributed by atoms with E-state index in [0.29, 0.717) is 11.3 Å². The summed E-state index contributed by atoms with van der Waals surface area (Å²) in [4.78, 5) is 40.2. The number of carbonyl (C=O) groups excluding carboxylic acids is 2. The molecule has 2 aromatic heterocycles. The third kappa shape index (κ3) is 5.27. The van der Waals surface area contributed by atoms with Crippen LogP contribution < -0.4 is 15.5 Å². The lowest BCUT2D eigenvalue weighted by atomic mass is 9.95. The number of anilines is 3. The van der Waals surface area contributed by atoms with Crippen molar-refractivity contribution in [1.82, 2.24) is 15.0 Å². The monoisotopic (exact) mass is 446 g/mol. The molecule has 1 aliphatic rings. The summed E-state index contributed by atoms with van der Waals surface area (Å²) in [6.45, 7) is 7.22. The maximum Gasteiger partial charge on any atom is 0.227 e. The van der Waals surface area contributed by atoms with E-state index in [9.17, 15) is 9.59 Å². The van der Waals surface area contributed by atoms with Gasteiger partial charge in [-0.2, -0.15) is 0 Å². The second-order valence-electron chi connectivity index (χ2n) is 8.37. The highest BCUT2D eigenvalue weighted by Crippen LogP contribution is 2.26. The molecule has 1 aliphatic heterocycles. The molecule has 0 unspecified atom stereocenters. The highest BCUT2D eigenvalue weighted by Gasteiger charge is 2.25. The molecule has 3 aromatic rings. The molecule has 0 aliphatic carbocycles. The molecule has 1 fully saturated rings. The molecule has 0 radical (unpaired) electrons. The number of aromatic nitrogens is 3. The largest absolute Gasteiger partial charge is 0.370 e. The zero-order valence-electron chi connectivity index (χ0n) is 19.4. The molecule has 0 atom stereocenters. The molecule has 8 heteroatoms. The van der Waals surface area contributed by atoms with Crippen molar-refractivity contribution >= 4 is 40.0 Å². The number of amides is 2. The molecule has 4 rings (SSSR count). The van der Waals surface area contributed by atoms with Crippen LogP contribution in [0.25, 0.3) is 11.2 Å². The van der Waals surface area contributed by atoms with Gasteiger partial charge in [0.05, 0.1) is 23.3 Å². The van der Waals surface area contributed by atoms with Gasteiger partial charge in [-0.25, -0.2) is 15.0 Å². The lowest BCUT2D eigenvalue weighted by molar-refractivity contribution is -0.120. The van der Waals surface area contributed by atoms with Crippen LogP contribution in [0, 0.1) is 5.92 Å². The number of nitrogens with one attached hydrogen (secondary N) is 2. The summed E-state index contributed by atoms with van der Waals surface area (Å²) in [7, 11) is 0. The van der Waals surface area contributed by atoms with Crippen molar-refractivity contribution in [3.8, 4) is 0 Å². The first-order valence-corrected chi connectivity index (χ1v) is 11.6. The molecule has 0 spiro atoms. The van der Waals surface area contributed by atoms with E-state index in [4.69, 9.17) is 4.98 Å². The smallest absolute Gasteiger partial charge is 0.227 e. The van der Waals surface area contributed by atoms with E-state index in [2.05, 4.69) is 45.4 Å². The van der Waals surface area contributed by atoms with Gasteiger partial charge in [-0.05, 0) is 56.0 Å². The molecule has 33 heavy (non-hydrogen) atoms. The zero-order chi connectivity index (χ0) is 23.4. The zero-order valence-corrected chi connectivity index (χ0v) is 19.4. The van der Waals surface area contributed by atoms with Crippen LogP contribution >= 0.6 is 0 Å². The van der Waals surface area contributed by atoms with Crippen LogP contribution in [0.3, 0.4) is 0 Å². The second-order valence-corrected chi connectivity index (χ2v) is 8.37. The van der Waals surface area contributed by atoms with Gasteiger partial charge < -0.3 is 15.5 Å². The van der Waals surface area contributed by atoms with Crippen molar-refractivity contribution in [3.05, 3.63) is 47.9 Å².